The van der Waals surface area contributed by atoms with Crippen molar-refractivity contribution in [1.29, 1.82) is 0 Å². The van der Waals surface area contributed by atoms with Gasteiger partial charge < -0.3 is 44.2 Å². The smallest absolute Gasteiger partial charge is 0.412 e. The van der Waals surface area contributed by atoms with E-state index in [-0.39, 0.29) is 43.5 Å². The van der Waals surface area contributed by atoms with Gasteiger partial charge in [0, 0.05) is 57.0 Å². The highest BCUT2D eigenvalue weighted by Gasteiger charge is 2.65. The van der Waals surface area contributed by atoms with Crippen LogP contribution in [-0.4, -0.2) is 90.5 Å². The lowest BCUT2D eigenvalue weighted by Crippen LogP contribution is -2.70. The zero-order chi connectivity index (χ0) is 44.2. The zero-order valence-electron chi connectivity index (χ0n) is 38.3. The Hall–Kier alpha value is -3.45. The third kappa shape index (κ3) is 13.1. The molecule has 4 aliphatic rings. The molecule has 1 aromatic carbocycles. The van der Waals surface area contributed by atoms with Crippen LogP contribution < -0.4 is 14.8 Å². The number of hydrogen-bond acceptors (Lipinski definition) is 10. The first-order valence-electron chi connectivity index (χ1n) is 24.5. The summed E-state index contributed by atoms with van der Waals surface area (Å²) in [5, 5.41) is 27.6. The third-order valence-electron chi connectivity index (χ3n) is 13.2. The Balaban J connectivity index is 1.64. The standard InChI is InChI=1S/C50H79N3O9/c1-5-9-10-11-12-13-14-15-16-25-45(56)53(29-6-2)44-36-42(52-62-46-26-19-22-33-58-46)40-34-37(23-17-20-30-54)39(24-18-21-31-55)47-41-35-38(60-49(57)51-8-4)27-28-43(41)61-50(44,48(40)47)59-32-7-3/h7,27-28,34-35,37,39,44,46-48,54-55H,3,5-6,8-26,29-33,36H2,1-2,4H3,(H,51,57). The number of amides is 2. The molecule has 12 heteroatoms. The molecular formula is C50H79N3O9. The summed E-state index contributed by atoms with van der Waals surface area (Å²) < 4.78 is 26.3. The van der Waals surface area contributed by atoms with Gasteiger partial charge in [0.1, 0.15) is 17.5 Å². The van der Waals surface area contributed by atoms with Crippen LogP contribution in [0.4, 0.5) is 4.79 Å². The van der Waals surface area contributed by atoms with E-state index in [1.54, 1.807) is 12.1 Å². The number of unbranched alkanes of at least 4 members (excludes halogenated alkanes) is 10. The Morgan fingerprint density at radius 2 is 1.69 bits per heavy atom. The second-order valence-electron chi connectivity index (χ2n) is 17.8. The summed E-state index contributed by atoms with van der Waals surface area (Å²) in [7, 11) is 0. The molecule has 1 saturated carbocycles. The summed E-state index contributed by atoms with van der Waals surface area (Å²) in [5.74, 6) is -0.718. The topological polar surface area (TPSA) is 148 Å². The predicted octanol–water partition coefficient (Wildman–Crippen LogP) is 10.1. The van der Waals surface area contributed by atoms with Crippen molar-refractivity contribution in [3.05, 3.63) is 48.1 Å². The molecule has 12 nitrogen and oxygen atoms in total. The number of carbonyl (C=O) groups excluding carboxylic acids is 2. The maximum Gasteiger partial charge on any atom is 0.412 e. The first-order chi connectivity index (χ1) is 30.3. The van der Waals surface area contributed by atoms with E-state index in [0.29, 0.717) is 56.9 Å². The molecule has 1 saturated heterocycles. The van der Waals surface area contributed by atoms with E-state index in [1.165, 1.54) is 38.5 Å². The lowest BCUT2D eigenvalue weighted by Gasteiger charge is -2.60. The lowest BCUT2D eigenvalue weighted by atomic mass is 9.55. The number of rotatable bonds is 28. The van der Waals surface area contributed by atoms with E-state index in [1.807, 2.05) is 24.0 Å². The van der Waals surface area contributed by atoms with Crippen LogP contribution in [0.2, 0.25) is 0 Å². The van der Waals surface area contributed by atoms with Gasteiger partial charge >= 0.3 is 6.09 Å². The molecule has 2 heterocycles. The van der Waals surface area contributed by atoms with E-state index in [0.717, 1.165) is 87.5 Å². The number of benzene rings is 1. The molecule has 5 rings (SSSR count). The Kier molecular flexibility index (Phi) is 21.1. The molecule has 0 aromatic heterocycles. The Bertz CT molecular complexity index is 1590. The van der Waals surface area contributed by atoms with Crippen LogP contribution in [0, 0.1) is 17.8 Å². The number of fused-ring (bicyclic) bond motifs is 2. The van der Waals surface area contributed by atoms with E-state index in [9.17, 15) is 19.8 Å². The summed E-state index contributed by atoms with van der Waals surface area (Å²) in [6.45, 7) is 12.2. The first-order valence-corrected chi connectivity index (χ1v) is 24.5. The van der Waals surface area contributed by atoms with Crippen molar-refractivity contribution < 1.29 is 43.6 Å². The van der Waals surface area contributed by atoms with Crippen LogP contribution in [0.1, 0.15) is 167 Å². The number of nitrogens with one attached hydrogen (secondary N) is 1. The largest absolute Gasteiger partial charge is 0.459 e. The maximum absolute atomic E-state index is 14.8. The quantitative estimate of drug-likeness (QED) is 0.0425. The minimum absolute atomic E-state index is 0.0583. The minimum Gasteiger partial charge on any atom is -0.459 e. The van der Waals surface area contributed by atoms with Crippen LogP contribution in [0.3, 0.4) is 0 Å². The molecule has 0 radical (unpaired) electrons. The van der Waals surface area contributed by atoms with Crippen molar-refractivity contribution in [3.63, 3.8) is 0 Å². The number of oxime groups is 1. The molecule has 2 amide bonds. The fourth-order valence-corrected chi connectivity index (χ4v) is 10.3. The Morgan fingerprint density at radius 1 is 0.952 bits per heavy atom. The molecule has 1 aromatic rings. The molecule has 7 unspecified atom stereocenters. The highest BCUT2D eigenvalue weighted by molar-refractivity contribution is 6.03. The minimum atomic E-state index is -1.32. The van der Waals surface area contributed by atoms with Crippen LogP contribution in [0.5, 0.6) is 11.5 Å². The molecule has 7 atom stereocenters. The lowest BCUT2D eigenvalue weighted by molar-refractivity contribution is -0.257. The van der Waals surface area contributed by atoms with Gasteiger partial charge in [0.15, 0.2) is 0 Å². The number of nitrogens with zero attached hydrogens (tertiary/aromatic N) is 2. The van der Waals surface area contributed by atoms with Gasteiger partial charge in [-0.25, -0.2) is 4.79 Å². The summed E-state index contributed by atoms with van der Waals surface area (Å²) in [6.07, 6.45) is 22.5. The summed E-state index contributed by atoms with van der Waals surface area (Å²) >= 11 is 0. The van der Waals surface area contributed by atoms with E-state index >= 15 is 0 Å². The molecule has 0 bridgehead atoms. The van der Waals surface area contributed by atoms with Crippen molar-refractivity contribution >= 4 is 17.7 Å². The normalized spacial score (nSPS) is 25.8. The monoisotopic (exact) mass is 866 g/mol. The van der Waals surface area contributed by atoms with Gasteiger partial charge in [-0.3, -0.25) is 4.79 Å². The van der Waals surface area contributed by atoms with Crippen molar-refractivity contribution in [3.8, 4) is 11.5 Å². The number of carbonyl (C=O) groups is 2. The SMILES string of the molecule is C=CCOC12Oc3ccc(OC(=O)NCC)cc3C3C(CCCCO)C(CCCCO)C=C(C(=NOC4CCCCO4)CC1N(CCC)C(=O)CCCCCCCCCCC)C32. The van der Waals surface area contributed by atoms with Gasteiger partial charge in [-0.1, -0.05) is 95.4 Å². The molecule has 62 heavy (non-hydrogen) atoms. The van der Waals surface area contributed by atoms with Crippen LogP contribution in [0.15, 0.2) is 47.7 Å². The number of aliphatic hydroxyl groups excluding tert-OH is 2. The molecule has 3 N–H and O–H groups in total. The van der Waals surface area contributed by atoms with Crippen LogP contribution in [-0.2, 0) is 19.1 Å². The summed E-state index contributed by atoms with van der Waals surface area (Å²) in [4.78, 5) is 35.8. The highest BCUT2D eigenvalue weighted by Crippen LogP contribution is 2.62. The zero-order valence-corrected chi connectivity index (χ0v) is 38.3. The predicted molar refractivity (Wildman–Crippen MR) is 243 cm³/mol. The fraction of sp³-hybridized carbons (Fsp3) is 0.740. The average molecular weight is 866 g/mol. The van der Waals surface area contributed by atoms with Gasteiger partial charge in [0.05, 0.1) is 24.8 Å². The van der Waals surface area contributed by atoms with Crippen LogP contribution in [0.25, 0.3) is 0 Å². The number of aliphatic hydroxyl groups is 2. The van der Waals surface area contributed by atoms with Crippen molar-refractivity contribution in [2.24, 2.45) is 22.9 Å². The Labute approximate surface area is 372 Å². The van der Waals surface area contributed by atoms with Gasteiger partial charge in [0.25, 0.3) is 0 Å². The second-order valence-corrected chi connectivity index (χ2v) is 17.8. The average Bonchev–Trinajstić information content (AvgIpc) is 3.28. The fourth-order valence-electron chi connectivity index (χ4n) is 10.3. The van der Waals surface area contributed by atoms with Gasteiger partial charge in [0.2, 0.25) is 18.0 Å². The van der Waals surface area contributed by atoms with Gasteiger partial charge in [-0.15, -0.1) is 6.58 Å². The second kappa shape index (κ2) is 26.4. The molecule has 0 spiro atoms. The van der Waals surface area contributed by atoms with Crippen molar-refractivity contribution in [1.82, 2.24) is 10.2 Å². The number of hydrogen-bond donors (Lipinski definition) is 3. The molecule has 2 aliphatic heterocycles. The number of ether oxygens (including phenoxy) is 4. The van der Waals surface area contributed by atoms with Gasteiger partial charge in [-0.2, -0.15) is 0 Å². The van der Waals surface area contributed by atoms with E-state index in [4.69, 9.17) is 28.9 Å². The summed E-state index contributed by atoms with van der Waals surface area (Å²) in [5.41, 5.74) is 2.64. The molecule has 348 valence electrons. The molecular weight excluding hydrogens is 787 g/mol. The third-order valence-corrected chi connectivity index (χ3v) is 13.2. The van der Waals surface area contributed by atoms with Crippen LogP contribution >= 0.6 is 0 Å². The summed E-state index contributed by atoms with van der Waals surface area (Å²) in [6, 6.07) is 5.01. The maximum atomic E-state index is 14.8. The van der Waals surface area contributed by atoms with Crippen molar-refractivity contribution in [2.75, 3.05) is 39.5 Å². The van der Waals surface area contributed by atoms with E-state index in [2.05, 4.69) is 31.8 Å². The van der Waals surface area contributed by atoms with Crippen molar-refractivity contribution in [2.45, 2.75) is 180 Å². The molecule has 2 fully saturated rings. The number of allylic oxidation sites excluding steroid dienone is 1. The van der Waals surface area contributed by atoms with Gasteiger partial charge in [-0.05, 0) is 93.9 Å². The first kappa shape index (κ1) is 49.6. The molecule has 2 aliphatic carbocycles. The van der Waals surface area contributed by atoms with E-state index < -0.39 is 30.1 Å². The highest BCUT2D eigenvalue weighted by atomic mass is 16.8. The Morgan fingerprint density at radius 3 is 2.37 bits per heavy atom.